The van der Waals surface area contributed by atoms with Gasteiger partial charge >= 0.3 is 6.09 Å². The van der Waals surface area contributed by atoms with E-state index in [4.69, 9.17) is 0 Å². The molecule has 1 amide bonds. The molecule has 2 aliphatic rings. The van der Waals surface area contributed by atoms with Gasteiger partial charge in [0, 0.05) is 31.2 Å². The molecule has 2 unspecified atom stereocenters. The summed E-state index contributed by atoms with van der Waals surface area (Å²) in [5.74, 6) is 0. The molecule has 0 aliphatic carbocycles. The number of hydrogen-bond donors (Lipinski definition) is 1. The van der Waals surface area contributed by atoms with E-state index in [-0.39, 0.29) is 16.9 Å². The Labute approximate surface area is 119 Å². The highest BCUT2D eigenvalue weighted by Gasteiger charge is 2.64. The molecule has 5 nitrogen and oxygen atoms in total. The number of carbonyl (C=O) groups is 1. The lowest BCUT2D eigenvalue weighted by Crippen LogP contribution is -2.70. The molecule has 0 bridgehead atoms. The van der Waals surface area contributed by atoms with Crippen LogP contribution in [0.2, 0.25) is 0 Å². The largest absolute Gasteiger partial charge is 0.465 e. The maximum atomic E-state index is 11.3. The van der Waals surface area contributed by atoms with Crippen LogP contribution < -0.4 is 4.90 Å². The van der Waals surface area contributed by atoms with Gasteiger partial charge in [-0.1, -0.05) is 20.8 Å². The van der Waals surface area contributed by atoms with Gasteiger partial charge in [-0.25, -0.2) is 4.79 Å². The van der Waals surface area contributed by atoms with Gasteiger partial charge in [-0.3, -0.25) is 4.98 Å². The summed E-state index contributed by atoms with van der Waals surface area (Å²) in [5, 5.41) is 9.31. The Morgan fingerprint density at radius 2 is 2.20 bits per heavy atom. The molecule has 5 heteroatoms. The Hall–Kier alpha value is -1.78. The number of hydrogen-bond acceptors (Lipinski definition) is 3. The van der Waals surface area contributed by atoms with Crippen molar-refractivity contribution in [3.05, 3.63) is 24.5 Å². The molecule has 1 aromatic rings. The van der Waals surface area contributed by atoms with Crippen LogP contribution in [0.1, 0.15) is 20.8 Å². The van der Waals surface area contributed by atoms with Crippen molar-refractivity contribution in [1.82, 2.24) is 9.88 Å². The molecule has 1 N–H and O–H groups in total. The fourth-order valence-electron chi connectivity index (χ4n) is 3.66. The molecule has 2 aliphatic heterocycles. The fraction of sp³-hybridized carbons (Fsp3) is 0.600. The molecule has 3 heterocycles. The van der Waals surface area contributed by atoms with E-state index < -0.39 is 6.09 Å². The van der Waals surface area contributed by atoms with Gasteiger partial charge < -0.3 is 14.9 Å². The third-order valence-electron chi connectivity index (χ3n) is 5.08. The Bertz CT molecular complexity index is 526. The van der Waals surface area contributed by atoms with E-state index in [1.807, 2.05) is 18.3 Å². The number of pyridine rings is 1. The van der Waals surface area contributed by atoms with E-state index in [1.54, 1.807) is 11.1 Å². The van der Waals surface area contributed by atoms with Crippen LogP contribution in [-0.2, 0) is 0 Å². The van der Waals surface area contributed by atoms with Crippen LogP contribution in [0.4, 0.5) is 10.5 Å². The number of carboxylic acid groups (broad SMARTS) is 1. The molecule has 0 aromatic carbocycles. The van der Waals surface area contributed by atoms with Crippen molar-refractivity contribution in [1.29, 1.82) is 0 Å². The van der Waals surface area contributed by atoms with Crippen molar-refractivity contribution in [3.8, 4) is 0 Å². The average molecular weight is 275 g/mol. The maximum Gasteiger partial charge on any atom is 0.407 e. The zero-order valence-corrected chi connectivity index (χ0v) is 12.2. The van der Waals surface area contributed by atoms with Crippen molar-refractivity contribution in [2.45, 2.75) is 26.8 Å². The first-order valence-electron chi connectivity index (χ1n) is 7.00. The number of rotatable bonds is 1. The summed E-state index contributed by atoms with van der Waals surface area (Å²) in [4.78, 5) is 19.4. The van der Waals surface area contributed by atoms with Gasteiger partial charge in [0.15, 0.2) is 0 Å². The lowest BCUT2D eigenvalue weighted by Gasteiger charge is -2.58. The van der Waals surface area contributed by atoms with Gasteiger partial charge in [-0.05, 0) is 17.5 Å². The fourth-order valence-corrected chi connectivity index (χ4v) is 3.66. The second-order valence-corrected chi connectivity index (χ2v) is 6.92. The van der Waals surface area contributed by atoms with Gasteiger partial charge in [0.1, 0.15) is 0 Å². The first-order chi connectivity index (χ1) is 9.35. The summed E-state index contributed by atoms with van der Waals surface area (Å²) in [6.07, 6.45) is 2.81. The SMILES string of the molecule is CC(C)(C)C12CN(c3cccnc3)CC1N(C(=O)O)C2. The van der Waals surface area contributed by atoms with Crippen molar-refractivity contribution in [3.63, 3.8) is 0 Å². The molecule has 2 saturated heterocycles. The van der Waals surface area contributed by atoms with Crippen LogP contribution in [0.5, 0.6) is 0 Å². The lowest BCUT2D eigenvalue weighted by atomic mass is 9.58. The van der Waals surface area contributed by atoms with Gasteiger partial charge in [-0.15, -0.1) is 0 Å². The van der Waals surface area contributed by atoms with Gasteiger partial charge in [-0.2, -0.15) is 0 Å². The second-order valence-electron chi connectivity index (χ2n) is 6.92. The summed E-state index contributed by atoms with van der Waals surface area (Å²) in [7, 11) is 0. The minimum atomic E-state index is -0.803. The highest BCUT2D eigenvalue weighted by Crippen LogP contribution is 2.55. The van der Waals surface area contributed by atoms with Crippen molar-refractivity contribution >= 4 is 11.8 Å². The van der Waals surface area contributed by atoms with Crippen LogP contribution in [0.25, 0.3) is 0 Å². The van der Waals surface area contributed by atoms with E-state index in [0.29, 0.717) is 6.54 Å². The molecular weight excluding hydrogens is 254 g/mol. The first-order valence-corrected chi connectivity index (χ1v) is 7.00. The average Bonchev–Trinajstić information content (AvgIpc) is 2.64. The molecule has 108 valence electrons. The molecule has 0 spiro atoms. The zero-order chi connectivity index (χ0) is 14.5. The third kappa shape index (κ3) is 1.69. The van der Waals surface area contributed by atoms with Gasteiger partial charge in [0.05, 0.1) is 17.9 Å². The topological polar surface area (TPSA) is 56.7 Å². The smallest absolute Gasteiger partial charge is 0.407 e. The van der Waals surface area contributed by atoms with Crippen LogP contribution in [0.15, 0.2) is 24.5 Å². The number of nitrogens with zero attached hydrogens (tertiary/aromatic N) is 3. The summed E-state index contributed by atoms with van der Waals surface area (Å²) in [5.41, 5.74) is 1.21. The Kier molecular flexibility index (Phi) is 2.71. The van der Waals surface area contributed by atoms with Crippen molar-refractivity contribution in [2.24, 2.45) is 10.8 Å². The van der Waals surface area contributed by atoms with Crippen LogP contribution >= 0.6 is 0 Å². The highest BCUT2D eigenvalue weighted by molar-refractivity contribution is 5.68. The van der Waals surface area contributed by atoms with E-state index in [9.17, 15) is 9.90 Å². The molecule has 3 rings (SSSR count). The Morgan fingerprint density at radius 3 is 2.75 bits per heavy atom. The van der Waals surface area contributed by atoms with Gasteiger partial charge in [0.2, 0.25) is 0 Å². The quantitative estimate of drug-likeness (QED) is 0.854. The minimum Gasteiger partial charge on any atom is -0.465 e. The minimum absolute atomic E-state index is 0.0429. The highest BCUT2D eigenvalue weighted by atomic mass is 16.4. The normalized spacial score (nSPS) is 29.1. The summed E-state index contributed by atoms with van der Waals surface area (Å²) < 4.78 is 0. The number of aromatic nitrogens is 1. The lowest BCUT2D eigenvalue weighted by molar-refractivity contribution is -0.0901. The molecule has 1 aromatic heterocycles. The molecule has 20 heavy (non-hydrogen) atoms. The number of amides is 1. The first kappa shape index (κ1) is 13.2. The predicted octanol–water partition coefficient (Wildman–Crippen LogP) is 2.30. The van der Waals surface area contributed by atoms with E-state index in [2.05, 4.69) is 30.7 Å². The monoisotopic (exact) mass is 275 g/mol. The second kappa shape index (κ2) is 4.11. The summed E-state index contributed by atoms with van der Waals surface area (Å²) >= 11 is 0. The summed E-state index contributed by atoms with van der Waals surface area (Å²) in [6.45, 7) is 8.93. The molecular formula is C15H21N3O2. The van der Waals surface area contributed by atoms with E-state index in [0.717, 1.165) is 18.8 Å². The standard InChI is InChI=1S/C15H21N3O2/c1-14(2,3)15-9-17(11-5-4-6-16-7-11)8-12(15)18(10-15)13(19)20/h4-7,12H,8-10H2,1-3H3,(H,19,20). The number of fused-ring (bicyclic) bond motifs is 1. The Balaban J connectivity index is 1.90. The third-order valence-corrected chi connectivity index (χ3v) is 5.08. The van der Waals surface area contributed by atoms with E-state index in [1.165, 1.54) is 0 Å². The predicted molar refractivity (Wildman–Crippen MR) is 76.9 cm³/mol. The van der Waals surface area contributed by atoms with Crippen molar-refractivity contribution < 1.29 is 9.90 Å². The van der Waals surface area contributed by atoms with Crippen LogP contribution in [-0.4, -0.2) is 46.8 Å². The van der Waals surface area contributed by atoms with Crippen molar-refractivity contribution in [2.75, 3.05) is 24.5 Å². The van der Waals surface area contributed by atoms with Crippen LogP contribution in [0, 0.1) is 10.8 Å². The van der Waals surface area contributed by atoms with E-state index >= 15 is 0 Å². The molecule has 2 fully saturated rings. The number of anilines is 1. The van der Waals surface area contributed by atoms with Crippen LogP contribution in [0.3, 0.4) is 0 Å². The molecule has 0 radical (unpaired) electrons. The Morgan fingerprint density at radius 1 is 1.45 bits per heavy atom. The molecule has 0 saturated carbocycles. The maximum absolute atomic E-state index is 11.3. The summed E-state index contributed by atoms with van der Waals surface area (Å²) in [6, 6.07) is 4.05. The zero-order valence-electron chi connectivity index (χ0n) is 12.2. The number of likely N-dealkylation sites (tertiary alicyclic amines) is 1. The van der Waals surface area contributed by atoms with Gasteiger partial charge in [0.25, 0.3) is 0 Å². The molecule has 2 atom stereocenters.